The maximum Gasteiger partial charge on any atom is 0.422 e. The molecule has 0 aliphatic rings. The average molecular weight is 430 g/mol. The molecule has 0 aliphatic carbocycles. The highest BCUT2D eigenvalue weighted by Crippen LogP contribution is 2.30. The van der Waals surface area contributed by atoms with Gasteiger partial charge in [0.25, 0.3) is 0 Å². The molecule has 0 saturated heterocycles. The smallest absolute Gasteiger partial charge is 0.422 e. The summed E-state index contributed by atoms with van der Waals surface area (Å²) in [4.78, 5) is 24.4. The lowest BCUT2D eigenvalue weighted by atomic mass is 9.98. The molecule has 3 aromatic rings. The Hall–Kier alpha value is -3.35. The average Bonchev–Trinajstić information content (AvgIpc) is 2.71. The molecule has 0 atom stereocenters. The van der Waals surface area contributed by atoms with Crippen LogP contribution < -0.4 is 0 Å². The Kier molecular flexibility index (Phi) is 6.06. The van der Waals surface area contributed by atoms with Gasteiger partial charge >= 0.3 is 18.1 Å². The van der Waals surface area contributed by atoms with Crippen molar-refractivity contribution in [2.75, 3.05) is 6.61 Å². The number of hydrogen-bond acceptors (Lipinski definition) is 4. The van der Waals surface area contributed by atoms with E-state index >= 15 is 0 Å². The van der Waals surface area contributed by atoms with E-state index in [0.717, 1.165) is 21.5 Å². The summed E-state index contributed by atoms with van der Waals surface area (Å²) < 4.78 is 48.0. The monoisotopic (exact) mass is 430 g/mol. The first-order valence-corrected chi connectivity index (χ1v) is 9.57. The number of rotatable bonds is 6. The predicted molar refractivity (Wildman–Crippen MR) is 112 cm³/mol. The van der Waals surface area contributed by atoms with Crippen LogP contribution in [0.3, 0.4) is 0 Å². The maximum absolute atomic E-state index is 12.8. The lowest BCUT2D eigenvalue weighted by Crippen LogP contribution is -2.33. The van der Waals surface area contributed by atoms with Crippen molar-refractivity contribution in [1.82, 2.24) is 0 Å². The number of benzene rings is 3. The Bertz CT molecular complexity index is 1160. The number of carbonyl (C=O) groups is 2. The summed E-state index contributed by atoms with van der Waals surface area (Å²) in [6.07, 6.45) is -4.85. The number of carbonyl (C=O) groups excluding carboxylic acids is 2. The quantitative estimate of drug-likeness (QED) is 0.274. The van der Waals surface area contributed by atoms with E-state index in [9.17, 15) is 22.8 Å². The second-order valence-electron chi connectivity index (χ2n) is 7.70. The third-order valence-corrected chi connectivity index (χ3v) is 4.88. The van der Waals surface area contributed by atoms with Gasteiger partial charge in [-0.1, -0.05) is 55.1 Å². The number of hydrogen-bond donors (Lipinski definition) is 0. The van der Waals surface area contributed by atoms with Gasteiger partial charge in [-0.15, -0.1) is 0 Å². The maximum atomic E-state index is 12.8. The van der Waals surface area contributed by atoms with Crippen molar-refractivity contribution in [3.8, 4) is 0 Å². The molecule has 0 amide bonds. The first-order chi connectivity index (χ1) is 14.5. The summed E-state index contributed by atoms with van der Waals surface area (Å²) in [7, 11) is 0. The van der Waals surface area contributed by atoms with Gasteiger partial charge in [-0.25, -0.2) is 9.59 Å². The van der Waals surface area contributed by atoms with Gasteiger partial charge in [0.15, 0.2) is 0 Å². The van der Waals surface area contributed by atoms with Crippen LogP contribution in [0, 0.1) is 0 Å². The molecule has 0 aliphatic heterocycles. The van der Waals surface area contributed by atoms with Crippen LogP contribution in [-0.2, 0) is 14.3 Å². The van der Waals surface area contributed by atoms with E-state index < -0.39 is 29.3 Å². The highest BCUT2D eigenvalue weighted by molar-refractivity contribution is 6.16. The van der Waals surface area contributed by atoms with E-state index in [1.165, 1.54) is 13.8 Å². The minimum atomic E-state index is -4.86. The van der Waals surface area contributed by atoms with Crippen LogP contribution in [0.5, 0.6) is 0 Å². The molecule has 0 N–H and O–H groups in total. The van der Waals surface area contributed by atoms with Gasteiger partial charge in [0.1, 0.15) is 11.2 Å². The Morgan fingerprint density at radius 3 is 2.29 bits per heavy atom. The minimum Gasteiger partial charge on any atom is -0.462 e. The summed E-state index contributed by atoms with van der Waals surface area (Å²) in [5, 5.41) is 3.53. The van der Waals surface area contributed by atoms with Gasteiger partial charge < -0.3 is 9.47 Å². The molecule has 0 spiro atoms. The topological polar surface area (TPSA) is 52.6 Å². The Labute approximate surface area is 177 Å². The number of ether oxygens (including phenoxy) is 2. The molecule has 7 heteroatoms. The van der Waals surface area contributed by atoms with Crippen molar-refractivity contribution in [2.45, 2.75) is 32.0 Å². The van der Waals surface area contributed by atoms with E-state index in [2.05, 4.69) is 6.58 Å². The molecular weight excluding hydrogens is 409 g/mol. The van der Waals surface area contributed by atoms with Crippen LogP contribution in [0.25, 0.3) is 21.5 Å². The molecule has 0 heterocycles. The number of alkyl halides is 3. The summed E-state index contributed by atoms with van der Waals surface area (Å²) >= 11 is 0. The van der Waals surface area contributed by atoms with Gasteiger partial charge in [0.2, 0.25) is 0 Å². The van der Waals surface area contributed by atoms with Crippen LogP contribution in [0.1, 0.15) is 30.6 Å². The Morgan fingerprint density at radius 1 is 0.935 bits per heavy atom. The zero-order valence-corrected chi connectivity index (χ0v) is 17.1. The second-order valence-corrected chi connectivity index (χ2v) is 7.70. The van der Waals surface area contributed by atoms with Crippen LogP contribution in [0.4, 0.5) is 13.2 Å². The highest BCUT2D eigenvalue weighted by Gasteiger charge is 2.40. The van der Waals surface area contributed by atoms with Crippen molar-refractivity contribution in [3.63, 3.8) is 0 Å². The summed E-state index contributed by atoms with van der Waals surface area (Å²) in [6.45, 7) is 5.46. The predicted octanol–water partition coefficient (Wildman–Crippen LogP) is 5.98. The minimum absolute atomic E-state index is 0.0150. The van der Waals surface area contributed by atoms with Crippen molar-refractivity contribution in [2.24, 2.45) is 0 Å². The Morgan fingerprint density at radius 2 is 1.58 bits per heavy atom. The van der Waals surface area contributed by atoms with Gasteiger partial charge in [0.05, 0.1) is 12.2 Å². The number of fused-ring (bicyclic) bond motifs is 3. The van der Waals surface area contributed by atoms with Crippen molar-refractivity contribution >= 4 is 33.5 Å². The molecule has 0 saturated carbocycles. The molecular formula is C24H21F3O4. The van der Waals surface area contributed by atoms with E-state index in [4.69, 9.17) is 9.47 Å². The fraction of sp³-hybridized carbons (Fsp3) is 0.250. The normalized spacial score (nSPS) is 12.0. The summed E-state index contributed by atoms with van der Waals surface area (Å²) in [6, 6.07) is 16.9. The zero-order chi connectivity index (χ0) is 22.8. The van der Waals surface area contributed by atoms with E-state index in [0.29, 0.717) is 5.56 Å². The Balaban J connectivity index is 1.72. The van der Waals surface area contributed by atoms with Gasteiger partial charge in [-0.05, 0) is 36.1 Å². The van der Waals surface area contributed by atoms with Crippen LogP contribution in [-0.4, -0.2) is 30.3 Å². The fourth-order valence-corrected chi connectivity index (χ4v) is 3.18. The SMILES string of the molecule is C=C(C(=O)OC(C)(C)CCOC(=O)c1cccc2ccc3ccccc3c12)C(F)(F)F. The standard InChI is InChI=1S/C24H21F3O4/c1-15(24(25,26)27)21(28)31-23(2,3)13-14-30-22(29)19-10-6-8-17-12-11-16-7-4-5-9-18(16)20(17)19/h4-12H,1,13-14H2,2-3H3. The van der Waals surface area contributed by atoms with Crippen molar-refractivity contribution in [1.29, 1.82) is 0 Å². The largest absolute Gasteiger partial charge is 0.462 e. The molecule has 0 radical (unpaired) electrons. The van der Waals surface area contributed by atoms with E-state index in [1.54, 1.807) is 12.1 Å². The first kappa shape index (κ1) is 22.3. The number of halogens is 3. The zero-order valence-electron chi connectivity index (χ0n) is 17.1. The molecule has 0 aromatic heterocycles. The van der Waals surface area contributed by atoms with E-state index in [-0.39, 0.29) is 13.0 Å². The molecule has 0 unspecified atom stereocenters. The molecule has 0 bridgehead atoms. The fourth-order valence-electron chi connectivity index (χ4n) is 3.18. The number of esters is 2. The van der Waals surface area contributed by atoms with Crippen LogP contribution >= 0.6 is 0 Å². The van der Waals surface area contributed by atoms with Crippen molar-refractivity contribution < 1.29 is 32.2 Å². The lowest BCUT2D eigenvalue weighted by molar-refractivity contribution is -0.162. The second kappa shape index (κ2) is 8.41. The summed E-state index contributed by atoms with van der Waals surface area (Å²) in [5.41, 5.74) is -2.48. The van der Waals surface area contributed by atoms with Crippen LogP contribution in [0.15, 0.2) is 66.7 Å². The van der Waals surface area contributed by atoms with Gasteiger partial charge in [-0.3, -0.25) is 0 Å². The van der Waals surface area contributed by atoms with E-state index in [1.807, 2.05) is 42.5 Å². The molecule has 31 heavy (non-hydrogen) atoms. The lowest BCUT2D eigenvalue weighted by Gasteiger charge is -2.25. The molecule has 162 valence electrons. The van der Waals surface area contributed by atoms with Gasteiger partial charge in [-0.2, -0.15) is 13.2 Å². The van der Waals surface area contributed by atoms with Gasteiger partial charge in [0, 0.05) is 11.8 Å². The first-order valence-electron chi connectivity index (χ1n) is 9.57. The molecule has 3 aromatic carbocycles. The van der Waals surface area contributed by atoms with Crippen LogP contribution in [0.2, 0.25) is 0 Å². The third kappa shape index (κ3) is 5.05. The summed E-state index contributed by atoms with van der Waals surface area (Å²) in [5.74, 6) is -2.12. The molecule has 0 fully saturated rings. The molecule has 4 nitrogen and oxygen atoms in total. The van der Waals surface area contributed by atoms with Crippen molar-refractivity contribution in [3.05, 3.63) is 72.3 Å². The molecule has 3 rings (SSSR count). The third-order valence-electron chi connectivity index (χ3n) is 4.88. The highest BCUT2D eigenvalue weighted by atomic mass is 19.4.